The highest BCUT2D eigenvalue weighted by Gasteiger charge is 2.23. The van der Waals surface area contributed by atoms with Crippen LogP contribution in [0, 0.1) is 0 Å². The van der Waals surface area contributed by atoms with E-state index >= 15 is 0 Å². The minimum Gasteiger partial charge on any atom is -0.377 e. The number of aromatic nitrogens is 3. The maximum atomic E-state index is 13.6. The lowest BCUT2D eigenvalue weighted by atomic mass is 10.2. The summed E-state index contributed by atoms with van der Waals surface area (Å²) >= 11 is 6.06. The zero-order chi connectivity index (χ0) is 19.3. The minimum atomic E-state index is -0.0340. The van der Waals surface area contributed by atoms with Crippen molar-refractivity contribution < 1.29 is 0 Å². The van der Waals surface area contributed by atoms with Gasteiger partial charge in [0.2, 0.25) is 0 Å². The summed E-state index contributed by atoms with van der Waals surface area (Å²) in [6, 6.07) is 17.3. The van der Waals surface area contributed by atoms with E-state index in [1.807, 2.05) is 72.4 Å². The van der Waals surface area contributed by atoms with E-state index in [0.717, 1.165) is 42.0 Å². The number of benzene rings is 2. The highest BCUT2D eigenvalue weighted by molar-refractivity contribution is 6.30. The third-order valence-electron chi connectivity index (χ3n) is 5.36. The highest BCUT2D eigenvalue weighted by Crippen LogP contribution is 2.24. The molecule has 5 rings (SSSR count). The zero-order valence-electron chi connectivity index (χ0n) is 15.5. The predicted octanol–water partition coefficient (Wildman–Crippen LogP) is 3.36. The van der Waals surface area contributed by atoms with Gasteiger partial charge in [-0.25, -0.2) is 14.2 Å². The van der Waals surface area contributed by atoms with E-state index in [2.05, 4.69) is 9.88 Å². The van der Waals surface area contributed by atoms with E-state index < -0.39 is 0 Å². The van der Waals surface area contributed by atoms with Crippen LogP contribution in [0.15, 0.2) is 65.6 Å². The number of rotatable bonds is 2. The highest BCUT2D eigenvalue weighted by atomic mass is 35.5. The molecule has 0 saturated carbocycles. The van der Waals surface area contributed by atoms with E-state index in [9.17, 15) is 4.79 Å². The van der Waals surface area contributed by atoms with Crippen molar-refractivity contribution in [3.05, 3.63) is 81.4 Å². The van der Waals surface area contributed by atoms with Gasteiger partial charge in [-0.2, -0.15) is 0 Å². The van der Waals surface area contributed by atoms with Gasteiger partial charge in [0.1, 0.15) is 5.22 Å². The molecule has 4 aromatic rings. The van der Waals surface area contributed by atoms with Gasteiger partial charge >= 0.3 is 0 Å². The molecule has 5 nitrogen and oxygen atoms in total. The monoisotopic (exact) mass is 390 g/mol. The Kier molecular flexibility index (Phi) is 3.98. The summed E-state index contributed by atoms with van der Waals surface area (Å²) in [5, 5.41) is 1.38. The third kappa shape index (κ3) is 2.54. The van der Waals surface area contributed by atoms with Crippen LogP contribution in [0.4, 0.5) is 0 Å². The molecule has 0 radical (unpaired) electrons. The van der Waals surface area contributed by atoms with Crippen LogP contribution in [-0.4, -0.2) is 32.7 Å². The molecule has 0 amide bonds. The van der Waals surface area contributed by atoms with Crippen LogP contribution in [0.5, 0.6) is 0 Å². The molecule has 0 aliphatic carbocycles. The van der Waals surface area contributed by atoms with Crippen LogP contribution in [0.25, 0.3) is 28.3 Å². The molecule has 0 N–H and O–H groups in total. The maximum Gasteiger partial charge on any atom is 0.283 e. The SMILES string of the molecule is CN1CCC/C1=c1\c(=O)n(-c2ccccc2)n2c(-c3ccc(Cl)cc3)cnc12. The first kappa shape index (κ1) is 17.1. The summed E-state index contributed by atoms with van der Waals surface area (Å²) in [6.07, 6.45) is 3.78. The lowest BCUT2D eigenvalue weighted by Crippen LogP contribution is -2.32. The fraction of sp³-hybridized carbons (Fsp3) is 0.182. The van der Waals surface area contributed by atoms with Gasteiger partial charge in [0.05, 0.1) is 17.6 Å². The van der Waals surface area contributed by atoms with Gasteiger partial charge in [0.15, 0.2) is 5.65 Å². The molecule has 0 bridgehead atoms. The van der Waals surface area contributed by atoms with Gasteiger partial charge in [-0.05, 0) is 37.1 Å². The number of nitrogens with zero attached hydrogens (tertiary/aromatic N) is 4. The smallest absolute Gasteiger partial charge is 0.283 e. The summed E-state index contributed by atoms with van der Waals surface area (Å²) < 4.78 is 3.65. The summed E-state index contributed by atoms with van der Waals surface area (Å²) in [5.74, 6) is 0. The second-order valence-electron chi connectivity index (χ2n) is 7.09. The maximum absolute atomic E-state index is 13.6. The van der Waals surface area contributed by atoms with Crippen LogP contribution in [-0.2, 0) is 0 Å². The van der Waals surface area contributed by atoms with Crippen LogP contribution < -0.4 is 10.8 Å². The quantitative estimate of drug-likeness (QED) is 0.527. The third-order valence-corrected chi connectivity index (χ3v) is 5.62. The molecule has 0 spiro atoms. The van der Waals surface area contributed by atoms with E-state index in [-0.39, 0.29) is 5.56 Å². The van der Waals surface area contributed by atoms with Crippen molar-refractivity contribution in [1.29, 1.82) is 0 Å². The van der Waals surface area contributed by atoms with Gasteiger partial charge in [0.25, 0.3) is 5.56 Å². The lowest BCUT2D eigenvalue weighted by molar-refractivity contribution is 0.527. The average molecular weight is 391 g/mol. The predicted molar refractivity (Wildman–Crippen MR) is 112 cm³/mol. The van der Waals surface area contributed by atoms with Crippen molar-refractivity contribution >= 4 is 22.9 Å². The molecule has 1 aliphatic rings. The Labute approximate surface area is 167 Å². The largest absolute Gasteiger partial charge is 0.377 e. The summed E-state index contributed by atoms with van der Waals surface area (Å²) in [6.45, 7) is 0.961. The Bertz CT molecular complexity index is 1270. The van der Waals surface area contributed by atoms with Crippen molar-refractivity contribution in [2.24, 2.45) is 0 Å². The summed E-state index contributed by atoms with van der Waals surface area (Å²) in [7, 11) is 2.04. The first-order valence-corrected chi connectivity index (χ1v) is 9.71. The van der Waals surface area contributed by atoms with Crippen molar-refractivity contribution in [2.75, 3.05) is 13.6 Å². The number of hydrogen-bond acceptors (Lipinski definition) is 3. The van der Waals surface area contributed by atoms with Crippen LogP contribution >= 0.6 is 11.6 Å². The summed E-state index contributed by atoms with van der Waals surface area (Å²) in [5.41, 5.74) is 4.37. The molecule has 0 unspecified atom stereocenters. The van der Waals surface area contributed by atoms with Crippen LogP contribution in [0.2, 0.25) is 5.02 Å². The minimum absolute atomic E-state index is 0.0340. The molecule has 1 fully saturated rings. The van der Waals surface area contributed by atoms with Gasteiger partial charge in [-0.3, -0.25) is 4.79 Å². The van der Waals surface area contributed by atoms with Crippen molar-refractivity contribution in [3.8, 4) is 16.9 Å². The molecular weight excluding hydrogens is 372 g/mol. The normalized spacial score (nSPS) is 16.3. The molecule has 0 atom stereocenters. The van der Waals surface area contributed by atoms with Crippen molar-refractivity contribution in [1.82, 2.24) is 19.1 Å². The molecule has 3 heterocycles. The van der Waals surface area contributed by atoms with Gasteiger partial charge < -0.3 is 4.90 Å². The van der Waals surface area contributed by atoms with Crippen molar-refractivity contribution in [3.63, 3.8) is 0 Å². The Morgan fingerprint density at radius 2 is 1.79 bits per heavy atom. The Morgan fingerprint density at radius 3 is 2.46 bits per heavy atom. The van der Waals surface area contributed by atoms with Gasteiger partial charge in [0, 0.05) is 29.9 Å². The molecule has 2 aromatic carbocycles. The standard InChI is InChI=1S/C22H19ClN4O/c1-25-13-5-8-18(25)20-21-24-14-19(15-9-11-16(23)12-10-15)27(21)26(22(20)28)17-6-3-2-4-7-17/h2-4,6-7,9-12,14H,5,8,13H2,1H3/b20-18+. The molecule has 140 valence electrons. The van der Waals surface area contributed by atoms with Gasteiger partial charge in [-0.1, -0.05) is 41.9 Å². The second kappa shape index (κ2) is 6.53. The molecule has 1 aliphatic heterocycles. The first-order valence-electron chi connectivity index (χ1n) is 9.33. The zero-order valence-corrected chi connectivity index (χ0v) is 16.2. The molecule has 28 heavy (non-hydrogen) atoms. The lowest BCUT2D eigenvalue weighted by Gasteiger charge is -2.10. The topological polar surface area (TPSA) is 42.5 Å². The Balaban J connectivity index is 1.92. The molecule has 1 saturated heterocycles. The van der Waals surface area contributed by atoms with Crippen LogP contribution in [0.1, 0.15) is 12.8 Å². The fourth-order valence-corrected chi connectivity index (χ4v) is 4.13. The van der Waals surface area contributed by atoms with Gasteiger partial charge in [-0.15, -0.1) is 0 Å². The van der Waals surface area contributed by atoms with E-state index in [1.165, 1.54) is 0 Å². The number of imidazole rings is 1. The fourth-order valence-electron chi connectivity index (χ4n) is 4.01. The Hall–Kier alpha value is -3.05. The number of likely N-dealkylation sites (tertiary alicyclic amines) is 1. The average Bonchev–Trinajstić information content (AvgIpc) is 3.38. The second-order valence-corrected chi connectivity index (χ2v) is 7.52. The number of fused-ring (bicyclic) bond motifs is 1. The van der Waals surface area contributed by atoms with Crippen molar-refractivity contribution in [2.45, 2.75) is 12.8 Å². The molecule has 6 heteroatoms. The van der Waals surface area contributed by atoms with Crippen LogP contribution in [0.3, 0.4) is 0 Å². The molecule has 2 aromatic heterocycles. The van der Waals surface area contributed by atoms with E-state index in [4.69, 9.17) is 11.6 Å². The van der Waals surface area contributed by atoms with E-state index in [0.29, 0.717) is 15.9 Å². The number of para-hydroxylation sites is 1. The Morgan fingerprint density at radius 1 is 1.04 bits per heavy atom. The first-order chi connectivity index (χ1) is 13.6. The van der Waals surface area contributed by atoms with E-state index in [1.54, 1.807) is 4.68 Å². The summed E-state index contributed by atoms with van der Waals surface area (Å²) in [4.78, 5) is 20.4. The number of halogens is 1. The number of hydrogen-bond donors (Lipinski definition) is 0. The molecular formula is C22H19ClN4O.